The highest BCUT2D eigenvalue weighted by molar-refractivity contribution is 7.54. The fourth-order valence-corrected chi connectivity index (χ4v) is 5.40. The van der Waals surface area contributed by atoms with E-state index in [0.29, 0.717) is 0 Å². The molecule has 0 spiro atoms. The van der Waals surface area contributed by atoms with Gasteiger partial charge in [0, 0.05) is 28.4 Å². The van der Waals surface area contributed by atoms with Gasteiger partial charge in [-0.2, -0.15) is 0 Å². The molecule has 0 aliphatic rings. The maximum atomic E-state index is 14.0. The van der Waals surface area contributed by atoms with E-state index in [1.54, 1.807) is 0 Å². The summed E-state index contributed by atoms with van der Waals surface area (Å²) in [6, 6.07) is 17.6. The van der Waals surface area contributed by atoms with Crippen molar-refractivity contribution in [3.63, 3.8) is 0 Å². The van der Waals surface area contributed by atoms with Crippen molar-refractivity contribution >= 4 is 24.2 Å². The van der Waals surface area contributed by atoms with Crippen molar-refractivity contribution in [1.82, 2.24) is 4.98 Å². The van der Waals surface area contributed by atoms with Crippen LogP contribution < -0.4 is 5.32 Å². The average Bonchev–Trinajstić information content (AvgIpc) is 3.03. The second-order valence-electron chi connectivity index (χ2n) is 7.05. The molecule has 0 fully saturated rings. The number of para-hydroxylation sites is 2. The first kappa shape index (κ1) is 19.7. The number of fused-ring (bicyclic) bond motifs is 1. The van der Waals surface area contributed by atoms with Crippen molar-refractivity contribution in [2.24, 2.45) is 0 Å². The van der Waals surface area contributed by atoms with Gasteiger partial charge in [0.1, 0.15) is 0 Å². The number of rotatable bonds is 8. The number of nitrogens with one attached hydrogen (secondary N) is 2. The SMILES string of the molecule is CC(C)OP(=O)(OC(C)C)[C@H](Nc1ccccc1)c1c[nH]c2ccccc12. The molecule has 0 saturated heterocycles. The number of benzene rings is 2. The van der Waals surface area contributed by atoms with Crippen LogP contribution in [-0.2, 0) is 13.6 Å². The zero-order valence-corrected chi connectivity index (χ0v) is 17.1. The molecule has 0 unspecified atom stereocenters. The fraction of sp³-hybridized carbons (Fsp3) is 0.333. The highest BCUT2D eigenvalue weighted by Crippen LogP contribution is 2.63. The summed E-state index contributed by atoms with van der Waals surface area (Å²) in [4.78, 5) is 3.26. The van der Waals surface area contributed by atoms with E-state index in [2.05, 4.69) is 10.3 Å². The van der Waals surface area contributed by atoms with Crippen LogP contribution in [0.5, 0.6) is 0 Å². The number of aromatic amines is 1. The molecule has 0 bridgehead atoms. The van der Waals surface area contributed by atoms with Gasteiger partial charge >= 0.3 is 7.60 Å². The number of hydrogen-bond donors (Lipinski definition) is 2. The van der Waals surface area contributed by atoms with Crippen LogP contribution in [0.2, 0.25) is 0 Å². The molecule has 3 aromatic rings. The van der Waals surface area contributed by atoms with Crippen LogP contribution in [-0.4, -0.2) is 17.2 Å². The molecular weight excluding hydrogens is 359 g/mol. The first-order valence-electron chi connectivity index (χ1n) is 9.23. The van der Waals surface area contributed by atoms with Gasteiger partial charge in [-0.05, 0) is 45.9 Å². The molecule has 1 atom stereocenters. The van der Waals surface area contributed by atoms with Crippen molar-refractivity contribution in [3.05, 3.63) is 66.4 Å². The minimum atomic E-state index is -3.53. The van der Waals surface area contributed by atoms with Crippen molar-refractivity contribution in [1.29, 1.82) is 0 Å². The van der Waals surface area contributed by atoms with Gasteiger partial charge in [-0.15, -0.1) is 0 Å². The molecule has 1 heterocycles. The second-order valence-corrected chi connectivity index (χ2v) is 9.07. The first-order chi connectivity index (χ1) is 12.9. The topological polar surface area (TPSA) is 63.4 Å². The molecule has 0 radical (unpaired) electrons. The van der Waals surface area contributed by atoms with E-state index in [1.807, 2.05) is 88.5 Å². The van der Waals surface area contributed by atoms with Crippen LogP contribution in [0.25, 0.3) is 10.9 Å². The Morgan fingerprint density at radius 1 is 0.889 bits per heavy atom. The Morgan fingerprint density at radius 2 is 1.48 bits per heavy atom. The normalized spacial score (nSPS) is 13.4. The fourth-order valence-electron chi connectivity index (χ4n) is 3.07. The quantitative estimate of drug-likeness (QED) is 0.445. The lowest BCUT2D eigenvalue weighted by Crippen LogP contribution is -2.19. The number of anilines is 1. The molecular formula is C21H27N2O3P. The molecule has 0 aliphatic carbocycles. The van der Waals surface area contributed by atoms with Crippen LogP contribution in [0, 0.1) is 0 Å². The van der Waals surface area contributed by atoms with Crippen molar-refractivity contribution < 1.29 is 13.6 Å². The number of H-pyrrole nitrogens is 1. The summed E-state index contributed by atoms with van der Waals surface area (Å²) in [6.07, 6.45) is 1.41. The summed E-state index contributed by atoms with van der Waals surface area (Å²) in [5.74, 6) is -0.638. The maximum absolute atomic E-state index is 14.0. The van der Waals surface area contributed by atoms with Gasteiger partial charge in [0.2, 0.25) is 0 Å². The van der Waals surface area contributed by atoms with Crippen LogP contribution in [0.1, 0.15) is 39.0 Å². The van der Waals surface area contributed by atoms with E-state index in [4.69, 9.17) is 9.05 Å². The molecule has 3 rings (SSSR count). The van der Waals surface area contributed by atoms with Crippen LogP contribution >= 0.6 is 7.60 Å². The Kier molecular flexibility index (Phi) is 6.05. The Balaban J connectivity index is 2.12. The molecule has 6 heteroatoms. The molecule has 2 aromatic carbocycles. The average molecular weight is 386 g/mol. The van der Waals surface area contributed by atoms with Crippen LogP contribution in [0.4, 0.5) is 5.69 Å². The second kappa shape index (κ2) is 8.30. The summed E-state index contributed by atoms with van der Waals surface area (Å²) in [7, 11) is -3.53. The van der Waals surface area contributed by atoms with E-state index in [0.717, 1.165) is 22.2 Å². The van der Waals surface area contributed by atoms with Crippen LogP contribution in [0.3, 0.4) is 0 Å². The number of hydrogen-bond acceptors (Lipinski definition) is 4. The summed E-state index contributed by atoms with van der Waals surface area (Å²) < 4.78 is 25.8. The monoisotopic (exact) mass is 386 g/mol. The summed E-state index contributed by atoms with van der Waals surface area (Å²) in [5.41, 5.74) is 2.69. The first-order valence-corrected chi connectivity index (χ1v) is 10.8. The molecule has 144 valence electrons. The van der Waals surface area contributed by atoms with Gasteiger partial charge in [-0.3, -0.25) is 4.57 Å². The maximum Gasteiger partial charge on any atom is 0.357 e. The summed E-state index contributed by atoms with van der Waals surface area (Å²) >= 11 is 0. The van der Waals surface area contributed by atoms with E-state index in [9.17, 15) is 4.57 Å². The Labute approximate surface area is 160 Å². The van der Waals surface area contributed by atoms with Gasteiger partial charge in [-0.25, -0.2) is 0 Å². The van der Waals surface area contributed by atoms with Crippen LogP contribution in [0.15, 0.2) is 60.8 Å². The molecule has 5 nitrogen and oxygen atoms in total. The Morgan fingerprint density at radius 3 is 2.11 bits per heavy atom. The third kappa shape index (κ3) is 4.62. The Hall–Kier alpha value is -2.07. The third-order valence-electron chi connectivity index (χ3n) is 4.02. The van der Waals surface area contributed by atoms with Gasteiger partial charge < -0.3 is 19.3 Å². The van der Waals surface area contributed by atoms with Gasteiger partial charge in [0.25, 0.3) is 0 Å². The minimum Gasteiger partial charge on any atom is -0.368 e. The predicted molar refractivity (Wildman–Crippen MR) is 111 cm³/mol. The standard InChI is InChI=1S/C21H27N2O3P/c1-15(2)25-27(24,26-16(3)4)21(23-17-10-6-5-7-11-17)19-14-22-20-13-9-8-12-18(19)20/h5-16,21-23H,1-4H3/t21-/m0/s1. The van der Waals surface area contributed by atoms with Crippen molar-refractivity contribution in [2.75, 3.05) is 5.32 Å². The number of aromatic nitrogens is 1. The summed E-state index contributed by atoms with van der Waals surface area (Å²) in [5, 5.41) is 4.38. The zero-order chi connectivity index (χ0) is 19.4. The molecule has 0 saturated carbocycles. The molecule has 0 aliphatic heterocycles. The lowest BCUT2D eigenvalue weighted by atomic mass is 10.1. The van der Waals surface area contributed by atoms with Gasteiger partial charge in [0.15, 0.2) is 5.78 Å². The predicted octanol–water partition coefficient (Wildman–Crippen LogP) is 6.32. The van der Waals surface area contributed by atoms with Gasteiger partial charge in [0.05, 0.1) is 12.2 Å². The lowest BCUT2D eigenvalue weighted by Gasteiger charge is -2.31. The van der Waals surface area contributed by atoms with Crippen molar-refractivity contribution in [3.8, 4) is 0 Å². The van der Waals surface area contributed by atoms with E-state index in [-0.39, 0.29) is 12.2 Å². The van der Waals surface area contributed by atoms with Crippen molar-refractivity contribution in [2.45, 2.75) is 45.7 Å². The minimum absolute atomic E-state index is 0.236. The van der Waals surface area contributed by atoms with Gasteiger partial charge in [-0.1, -0.05) is 36.4 Å². The largest absolute Gasteiger partial charge is 0.368 e. The zero-order valence-electron chi connectivity index (χ0n) is 16.2. The highest BCUT2D eigenvalue weighted by atomic mass is 31.2. The van der Waals surface area contributed by atoms with E-state index < -0.39 is 13.4 Å². The molecule has 0 amide bonds. The third-order valence-corrected chi connectivity index (χ3v) is 6.50. The Bertz CT molecular complexity index is 907. The molecule has 1 aromatic heterocycles. The molecule has 2 N–H and O–H groups in total. The lowest BCUT2D eigenvalue weighted by molar-refractivity contribution is 0.138. The van der Waals surface area contributed by atoms with E-state index >= 15 is 0 Å². The summed E-state index contributed by atoms with van der Waals surface area (Å²) in [6.45, 7) is 7.46. The van der Waals surface area contributed by atoms with E-state index in [1.165, 1.54) is 0 Å². The highest BCUT2D eigenvalue weighted by Gasteiger charge is 2.40. The smallest absolute Gasteiger partial charge is 0.357 e. The molecule has 27 heavy (non-hydrogen) atoms.